The molecule has 1 fully saturated rings. The minimum Gasteiger partial charge on any atom is -0.357 e. The Balaban J connectivity index is 0.00000392. The standard InChI is InChI=1S/C17H30F3N7.HI/c1-5-21-16(22-9-15-24-23-13(3)25(15)4)27-8-7-14(11-27)10-26(6-2)12-17(18,19)20;/h14H,5-12H2,1-4H3,(H,21,22);1H. The van der Waals surface area contributed by atoms with Crippen molar-refractivity contribution in [3.8, 4) is 0 Å². The molecule has 1 N–H and O–H groups in total. The van der Waals surface area contributed by atoms with Gasteiger partial charge in [0.25, 0.3) is 0 Å². The van der Waals surface area contributed by atoms with Gasteiger partial charge in [0.2, 0.25) is 0 Å². The summed E-state index contributed by atoms with van der Waals surface area (Å²) in [5.41, 5.74) is 0. The van der Waals surface area contributed by atoms with Gasteiger partial charge in [-0.25, -0.2) is 4.99 Å². The van der Waals surface area contributed by atoms with E-state index in [9.17, 15) is 13.2 Å². The number of guanidine groups is 1. The molecule has 7 nitrogen and oxygen atoms in total. The van der Waals surface area contributed by atoms with Gasteiger partial charge in [-0.05, 0) is 32.7 Å². The summed E-state index contributed by atoms with van der Waals surface area (Å²) < 4.78 is 39.9. The smallest absolute Gasteiger partial charge is 0.357 e. The Bertz CT molecular complexity index is 633. The zero-order valence-electron chi connectivity index (χ0n) is 17.0. The molecule has 0 bridgehead atoms. The molecule has 0 aliphatic carbocycles. The van der Waals surface area contributed by atoms with Crippen LogP contribution in [0.15, 0.2) is 4.99 Å². The second kappa shape index (κ2) is 11.2. The van der Waals surface area contributed by atoms with E-state index in [0.717, 1.165) is 37.1 Å². The van der Waals surface area contributed by atoms with E-state index in [1.54, 1.807) is 6.92 Å². The molecular formula is C17H31F3IN7. The summed E-state index contributed by atoms with van der Waals surface area (Å²) in [6.45, 7) is 8.30. The van der Waals surface area contributed by atoms with Gasteiger partial charge in [-0.3, -0.25) is 4.90 Å². The Morgan fingerprint density at radius 1 is 1.32 bits per heavy atom. The molecule has 1 saturated heterocycles. The van der Waals surface area contributed by atoms with Crippen molar-refractivity contribution in [1.82, 2.24) is 29.9 Å². The van der Waals surface area contributed by atoms with Crippen molar-refractivity contribution < 1.29 is 13.2 Å². The highest BCUT2D eigenvalue weighted by Gasteiger charge is 2.33. The first kappa shape index (κ1) is 24.9. The van der Waals surface area contributed by atoms with Crippen molar-refractivity contribution in [2.24, 2.45) is 18.0 Å². The van der Waals surface area contributed by atoms with Gasteiger partial charge in [-0.2, -0.15) is 13.2 Å². The number of aryl methyl sites for hydroxylation is 1. The summed E-state index contributed by atoms with van der Waals surface area (Å²) in [7, 11) is 1.90. The highest BCUT2D eigenvalue weighted by atomic mass is 127. The fourth-order valence-electron chi connectivity index (χ4n) is 3.26. The Hall–Kier alpha value is -1.11. The van der Waals surface area contributed by atoms with Gasteiger partial charge < -0.3 is 14.8 Å². The molecule has 1 aromatic rings. The van der Waals surface area contributed by atoms with Gasteiger partial charge in [0.1, 0.15) is 12.4 Å². The number of hydrogen-bond donors (Lipinski definition) is 1. The Morgan fingerprint density at radius 3 is 2.57 bits per heavy atom. The molecule has 0 spiro atoms. The summed E-state index contributed by atoms with van der Waals surface area (Å²) in [6.07, 6.45) is -3.29. The van der Waals surface area contributed by atoms with Gasteiger partial charge >= 0.3 is 6.18 Å². The molecule has 2 rings (SSSR count). The molecular weight excluding hydrogens is 486 g/mol. The SMILES string of the molecule is CCNC(=NCc1nnc(C)n1C)N1CCC(CN(CC)CC(F)(F)F)C1.I. The number of nitrogens with one attached hydrogen (secondary N) is 1. The van der Waals surface area contributed by atoms with Crippen LogP contribution in [0.5, 0.6) is 0 Å². The molecule has 1 unspecified atom stereocenters. The third-order valence-corrected chi connectivity index (χ3v) is 4.84. The van der Waals surface area contributed by atoms with E-state index in [0.29, 0.717) is 26.2 Å². The van der Waals surface area contributed by atoms with Crippen molar-refractivity contribution in [2.75, 3.05) is 39.3 Å². The molecule has 1 aliphatic rings. The molecule has 1 aliphatic heterocycles. The Kier molecular flexibility index (Phi) is 9.95. The van der Waals surface area contributed by atoms with Crippen LogP contribution in [0.4, 0.5) is 13.2 Å². The lowest BCUT2D eigenvalue weighted by molar-refractivity contribution is -0.146. The highest BCUT2D eigenvalue weighted by molar-refractivity contribution is 14.0. The first-order valence-electron chi connectivity index (χ1n) is 9.40. The van der Waals surface area contributed by atoms with Gasteiger partial charge in [0, 0.05) is 33.2 Å². The van der Waals surface area contributed by atoms with Gasteiger partial charge in [0.15, 0.2) is 11.8 Å². The lowest BCUT2D eigenvalue weighted by atomic mass is 10.1. The van der Waals surface area contributed by atoms with Crippen LogP contribution >= 0.6 is 24.0 Å². The van der Waals surface area contributed by atoms with Crippen LogP contribution in [0.1, 0.15) is 31.9 Å². The van der Waals surface area contributed by atoms with Crippen molar-refractivity contribution in [3.63, 3.8) is 0 Å². The predicted octanol–water partition coefficient (Wildman–Crippen LogP) is 2.41. The fraction of sp³-hybridized carbons (Fsp3) is 0.824. The maximum Gasteiger partial charge on any atom is 0.401 e. The van der Waals surface area contributed by atoms with Crippen LogP contribution in [0.2, 0.25) is 0 Å². The van der Waals surface area contributed by atoms with Crippen molar-refractivity contribution >= 4 is 29.9 Å². The van der Waals surface area contributed by atoms with Crippen LogP contribution in [0.25, 0.3) is 0 Å². The second-order valence-corrected chi connectivity index (χ2v) is 6.94. The first-order chi connectivity index (χ1) is 12.7. The number of halogens is 4. The number of aromatic nitrogens is 3. The van der Waals surface area contributed by atoms with E-state index >= 15 is 0 Å². The minimum absolute atomic E-state index is 0. The number of likely N-dealkylation sites (tertiary alicyclic amines) is 1. The molecule has 2 heterocycles. The molecule has 0 aromatic carbocycles. The molecule has 1 aromatic heterocycles. The summed E-state index contributed by atoms with van der Waals surface area (Å²) in [5.74, 6) is 2.59. The quantitative estimate of drug-likeness (QED) is 0.342. The van der Waals surface area contributed by atoms with Crippen LogP contribution in [-0.2, 0) is 13.6 Å². The number of rotatable bonds is 7. The zero-order valence-corrected chi connectivity index (χ0v) is 19.3. The van der Waals surface area contributed by atoms with Gasteiger partial charge in [-0.1, -0.05) is 6.92 Å². The summed E-state index contributed by atoms with van der Waals surface area (Å²) in [4.78, 5) is 8.24. The molecule has 0 amide bonds. The minimum atomic E-state index is -4.15. The molecule has 0 saturated carbocycles. The van der Waals surface area contributed by atoms with Gasteiger partial charge in [0.05, 0.1) is 6.54 Å². The van der Waals surface area contributed by atoms with Crippen molar-refractivity contribution in [2.45, 2.75) is 39.9 Å². The molecule has 0 radical (unpaired) electrons. The largest absolute Gasteiger partial charge is 0.401 e. The van der Waals surface area contributed by atoms with E-state index in [-0.39, 0.29) is 29.9 Å². The number of aliphatic imine (C=N–C) groups is 1. The van der Waals surface area contributed by atoms with Crippen LogP contribution < -0.4 is 5.32 Å². The number of hydrogen-bond acceptors (Lipinski definition) is 4. The lowest BCUT2D eigenvalue weighted by Crippen LogP contribution is -2.41. The molecule has 1 atom stereocenters. The van der Waals surface area contributed by atoms with E-state index in [2.05, 4.69) is 25.4 Å². The summed E-state index contributed by atoms with van der Waals surface area (Å²) >= 11 is 0. The topological polar surface area (TPSA) is 61.6 Å². The molecule has 162 valence electrons. The zero-order chi connectivity index (χ0) is 20.0. The van der Waals surface area contributed by atoms with E-state index in [1.165, 1.54) is 4.90 Å². The first-order valence-corrected chi connectivity index (χ1v) is 9.40. The molecule has 28 heavy (non-hydrogen) atoms. The van der Waals surface area contributed by atoms with E-state index < -0.39 is 12.7 Å². The fourth-order valence-corrected chi connectivity index (χ4v) is 3.26. The average Bonchev–Trinajstić information content (AvgIpc) is 3.18. The number of nitrogens with zero attached hydrogens (tertiary/aromatic N) is 6. The highest BCUT2D eigenvalue weighted by Crippen LogP contribution is 2.21. The predicted molar refractivity (Wildman–Crippen MR) is 114 cm³/mol. The van der Waals surface area contributed by atoms with Gasteiger partial charge in [-0.15, -0.1) is 34.2 Å². The van der Waals surface area contributed by atoms with Crippen LogP contribution in [-0.4, -0.2) is 76.0 Å². The second-order valence-electron chi connectivity index (χ2n) is 6.94. The normalized spacial score (nSPS) is 17.9. The van der Waals surface area contributed by atoms with Crippen molar-refractivity contribution in [3.05, 3.63) is 11.6 Å². The summed E-state index contributed by atoms with van der Waals surface area (Å²) in [6, 6.07) is 0. The maximum atomic E-state index is 12.7. The average molecular weight is 517 g/mol. The van der Waals surface area contributed by atoms with E-state index in [1.807, 2.05) is 25.5 Å². The summed E-state index contributed by atoms with van der Waals surface area (Å²) in [5, 5.41) is 11.4. The van der Waals surface area contributed by atoms with Crippen LogP contribution in [0, 0.1) is 12.8 Å². The van der Waals surface area contributed by atoms with E-state index in [4.69, 9.17) is 0 Å². The number of alkyl halides is 3. The monoisotopic (exact) mass is 517 g/mol. The third-order valence-electron chi connectivity index (χ3n) is 4.84. The Labute approximate surface area is 181 Å². The van der Waals surface area contributed by atoms with Crippen LogP contribution in [0.3, 0.4) is 0 Å². The maximum absolute atomic E-state index is 12.7. The third kappa shape index (κ3) is 7.37. The lowest BCUT2D eigenvalue weighted by Gasteiger charge is -2.26. The Morgan fingerprint density at radius 2 is 2.04 bits per heavy atom. The molecule has 11 heteroatoms. The van der Waals surface area contributed by atoms with Crippen molar-refractivity contribution in [1.29, 1.82) is 0 Å².